The summed E-state index contributed by atoms with van der Waals surface area (Å²) in [6.45, 7) is 4.71. The predicted octanol–water partition coefficient (Wildman–Crippen LogP) is 12.1. The van der Waals surface area contributed by atoms with Gasteiger partial charge in [-0.1, -0.05) is 147 Å². The van der Waals surface area contributed by atoms with Crippen molar-refractivity contribution in [2.24, 2.45) is 0 Å². The molecule has 0 saturated carbocycles. The summed E-state index contributed by atoms with van der Waals surface area (Å²) < 4.78 is 0. The number of nitrogens with zero attached hydrogens (tertiary/aromatic N) is 1. The van der Waals surface area contributed by atoms with Crippen molar-refractivity contribution in [1.82, 2.24) is 0 Å². The van der Waals surface area contributed by atoms with Crippen molar-refractivity contribution in [2.75, 3.05) is 4.90 Å². The van der Waals surface area contributed by atoms with E-state index in [0.29, 0.717) is 5.92 Å². The van der Waals surface area contributed by atoms with E-state index in [1.165, 1.54) is 55.8 Å². The number of benzene rings is 6. The molecule has 0 heterocycles. The lowest BCUT2D eigenvalue weighted by molar-refractivity contribution is 0.660. The third-order valence-electron chi connectivity index (χ3n) is 9.82. The van der Waals surface area contributed by atoms with Crippen molar-refractivity contribution in [3.8, 4) is 33.4 Å². The first kappa shape index (κ1) is 28.1. The van der Waals surface area contributed by atoms with Crippen molar-refractivity contribution in [2.45, 2.75) is 31.6 Å². The van der Waals surface area contributed by atoms with Gasteiger partial charge in [0.05, 0.1) is 0 Å². The average molecular weight is 592 g/mol. The summed E-state index contributed by atoms with van der Waals surface area (Å²) in [7, 11) is 0. The minimum absolute atomic E-state index is 0.0453. The fourth-order valence-corrected chi connectivity index (χ4v) is 7.40. The minimum atomic E-state index is -0.0453. The average Bonchev–Trinajstić information content (AvgIpc) is 3.35. The Balaban J connectivity index is 1.24. The molecule has 0 fully saturated rings. The van der Waals surface area contributed by atoms with Crippen LogP contribution in [0.5, 0.6) is 0 Å². The molecule has 2 aliphatic rings. The topological polar surface area (TPSA) is 3.24 Å². The van der Waals surface area contributed by atoms with Crippen LogP contribution in [0, 0.1) is 0 Å². The van der Waals surface area contributed by atoms with Gasteiger partial charge in [-0.05, 0) is 92.9 Å². The summed E-state index contributed by atoms with van der Waals surface area (Å²) in [6, 6.07) is 55.3. The molecule has 0 aromatic heterocycles. The Bertz CT molecular complexity index is 2080. The highest BCUT2D eigenvalue weighted by atomic mass is 15.1. The molecule has 0 saturated heterocycles. The molecule has 6 aromatic carbocycles. The molecule has 1 heteroatoms. The second-order valence-electron chi connectivity index (χ2n) is 12.9. The van der Waals surface area contributed by atoms with E-state index in [9.17, 15) is 0 Å². The molecule has 1 unspecified atom stereocenters. The molecule has 8 rings (SSSR count). The highest BCUT2D eigenvalue weighted by Crippen LogP contribution is 2.50. The van der Waals surface area contributed by atoms with E-state index in [1.807, 2.05) is 0 Å². The van der Waals surface area contributed by atoms with Crippen LogP contribution in [0.15, 0.2) is 176 Å². The SMILES string of the molecule is CC1(C)c2ccccc2-c2ccc(-c3ccc(N(C4=CCC(c5ccccc5)C=C4)c4ccccc4)cc3-c3ccccc3)cc21. The molecule has 0 spiro atoms. The van der Waals surface area contributed by atoms with Gasteiger partial charge in [0.1, 0.15) is 0 Å². The number of hydrogen-bond acceptors (Lipinski definition) is 1. The maximum absolute atomic E-state index is 2.43. The monoisotopic (exact) mass is 591 g/mol. The normalized spacial score (nSPS) is 16.0. The van der Waals surface area contributed by atoms with Crippen LogP contribution in [0.25, 0.3) is 33.4 Å². The Morgan fingerprint density at radius 1 is 0.522 bits per heavy atom. The second kappa shape index (κ2) is 11.5. The van der Waals surface area contributed by atoms with Crippen LogP contribution in [0.3, 0.4) is 0 Å². The standard InChI is InChI=1S/C45H37N/c1-45(2)43-21-13-12-20-40(43)41-28-24-35(30-44(41)45)39-29-27-38(31-42(39)34-16-8-4-9-17-34)46(36-18-10-5-11-19-36)37-25-22-33(23-26-37)32-14-6-3-7-15-32/h3-22,24-31,33H,23H2,1-2H3. The molecule has 222 valence electrons. The quantitative estimate of drug-likeness (QED) is 0.186. The summed E-state index contributed by atoms with van der Waals surface area (Å²) in [5.41, 5.74) is 15.3. The number of fused-ring (bicyclic) bond motifs is 3. The third-order valence-corrected chi connectivity index (χ3v) is 9.82. The van der Waals surface area contributed by atoms with E-state index < -0.39 is 0 Å². The van der Waals surface area contributed by atoms with Crippen LogP contribution in [0.1, 0.15) is 42.9 Å². The molecule has 0 radical (unpaired) electrons. The molecule has 0 N–H and O–H groups in total. The van der Waals surface area contributed by atoms with Crippen LogP contribution in [-0.4, -0.2) is 0 Å². The summed E-state index contributed by atoms with van der Waals surface area (Å²) >= 11 is 0. The summed E-state index contributed by atoms with van der Waals surface area (Å²) in [5.74, 6) is 0.389. The molecular weight excluding hydrogens is 555 g/mol. The van der Waals surface area contributed by atoms with Gasteiger partial charge < -0.3 is 4.90 Å². The smallest absolute Gasteiger partial charge is 0.0468 e. The zero-order chi connectivity index (χ0) is 31.1. The Hall–Kier alpha value is -5.40. The molecule has 0 amide bonds. The Morgan fingerprint density at radius 2 is 1.17 bits per heavy atom. The first-order valence-corrected chi connectivity index (χ1v) is 16.3. The van der Waals surface area contributed by atoms with Gasteiger partial charge in [0.15, 0.2) is 0 Å². The number of para-hydroxylation sites is 1. The van der Waals surface area contributed by atoms with E-state index in [-0.39, 0.29) is 5.41 Å². The molecule has 1 atom stereocenters. The Labute approximate surface area is 272 Å². The van der Waals surface area contributed by atoms with Gasteiger partial charge >= 0.3 is 0 Å². The van der Waals surface area contributed by atoms with Crippen molar-refractivity contribution < 1.29 is 0 Å². The second-order valence-corrected chi connectivity index (χ2v) is 12.9. The summed E-state index contributed by atoms with van der Waals surface area (Å²) in [6.07, 6.45) is 8.01. The third kappa shape index (κ3) is 4.89. The van der Waals surface area contributed by atoms with Gasteiger partial charge in [-0.2, -0.15) is 0 Å². The van der Waals surface area contributed by atoms with Crippen molar-refractivity contribution in [3.05, 3.63) is 192 Å². The molecule has 2 aliphatic carbocycles. The van der Waals surface area contributed by atoms with Crippen molar-refractivity contribution in [3.63, 3.8) is 0 Å². The van der Waals surface area contributed by atoms with Crippen LogP contribution < -0.4 is 4.90 Å². The maximum atomic E-state index is 2.43. The fraction of sp³-hybridized carbons (Fsp3) is 0.111. The molecule has 0 aliphatic heterocycles. The number of rotatable bonds is 6. The largest absolute Gasteiger partial charge is 0.311 e. The number of hydrogen-bond donors (Lipinski definition) is 0. The molecular formula is C45H37N. The van der Waals surface area contributed by atoms with Crippen LogP contribution in [-0.2, 0) is 5.41 Å². The van der Waals surface area contributed by atoms with Crippen molar-refractivity contribution in [1.29, 1.82) is 0 Å². The molecule has 6 aromatic rings. The van der Waals surface area contributed by atoms with Gasteiger partial charge in [0.2, 0.25) is 0 Å². The Morgan fingerprint density at radius 3 is 1.91 bits per heavy atom. The zero-order valence-electron chi connectivity index (χ0n) is 26.4. The van der Waals surface area contributed by atoms with E-state index in [0.717, 1.165) is 17.8 Å². The molecule has 0 bridgehead atoms. The lowest BCUT2D eigenvalue weighted by Gasteiger charge is -2.30. The van der Waals surface area contributed by atoms with Crippen LogP contribution in [0.4, 0.5) is 11.4 Å². The highest BCUT2D eigenvalue weighted by Gasteiger charge is 2.35. The summed E-state index contributed by atoms with van der Waals surface area (Å²) in [4.78, 5) is 2.40. The van der Waals surface area contributed by atoms with E-state index in [2.05, 4.69) is 189 Å². The van der Waals surface area contributed by atoms with E-state index in [4.69, 9.17) is 0 Å². The first-order chi connectivity index (χ1) is 22.6. The molecule has 46 heavy (non-hydrogen) atoms. The number of anilines is 2. The summed E-state index contributed by atoms with van der Waals surface area (Å²) in [5, 5.41) is 0. The minimum Gasteiger partial charge on any atom is -0.311 e. The van der Waals surface area contributed by atoms with Crippen molar-refractivity contribution >= 4 is 11.4 Å². The van der Waals surface area contributed by atoms with E-state index >= 15 is 0 Å². The predicted molar refractivity (Wildman–Crippen MR) is 194 cm³/mol. The lowest BCUT2D eigenvalue weighted by atomic mass is 9.81. The Kier molecular flexibility index (Phi) is 7.03. The van der Waals surface area contributed by atoms with Gasteiger partial charge in [-0.15, -0.1) is 0 Å². The maximum Gasteiger partial charge on any atom is 0.0468 e. The highest BCUT2D eigenvalue weighted by molar-refractivity contribution is 5.90. The van der Waals surface area contributed by atoms with Gasteiger partial charge in [-0.3, -0.25) is 0 Å². The van der Waals surface area contributed by atoms with Crippen LogP contribution >= 0.6 is 0 Å². The van der Waals surface area contributed by atoms with Gasteiger partial charge in [0, 0.05) is 28.4 Å². The first-order valence-electron chi connectivity index (χ1n) is 16.3. The van der Waals surface area contributed by atoms with Crippen LogP contribution in [0.2, 0.25) is 0 Å². The zero-order valence-corrected chi connectivity index (χ0v) is 26.4. The van der Waals surface area contributed by atoms with E-state index in [1.54, 1.807) is 0 Å². The molecule has 1 nitrogen and oxygen atoms in total. The fourth-order valence-electron chi connectivity index (χ4n) is 7.40. The number of allylic oxidation sites excluding steroid dienone is 3. The van der Waals surface area contributed by atoms with Gasteiger partial charge in [-0.25, -0.2) is 0 Å². The lowest BCUT2D eigenvalue weighted by Crippen LogP contribution is -2.17. The van der Waals surface area contributed by atoms with Gasteiger partial charge in [0.25, 0.3) is 0 Å².